The second-order valence-corrected chi connectivity index (χ2v) is 8.24. The summed E-state index contributed by atoms with van der Waals surface area (Å²) in [6.07, 6.45) is 6.67. The molecule has 23 heavy (non-hydrogen) atoms. The van der Waals surface area contributed by atoms with E-state index in [9.17, 15) is 13.2 Å². The van der Waals surface area contributed by atoms with E-state index in [1.165, 1.54) is 16.8 Å². The number of rotatable bonds is 4. The fourth-order valence-corrected chi connectivity index (χ4v) is 4.90. The van der Waals surface area contributed by atoms with Crippen molar-refractivity contribution < 1.29 is 13.2 Å². The minimum Gasteiger partial charge on any atom is -0.339 e. The topological polar surface area (TPSA) is 75.5 Å². The van der Waals surface area contributed by atoms with Crippen LogP contribution in [0.1, 0.15) is 19.3 Å². The summed E-state index contributed by atoms with van der Waals surface area (Å²) in [6, 6.07) is 0. The predicted octanol–water partition coefficient (Wildman–Crippen LogP) is 0.609. The lowest BCUT2D eigenvalue weighted by atomic mass is 9.77. The molecular formula is C15H22N4O3S. The minimum atomic E-state index is -3.57. The second-order valence-electron chi connectivity index (χ2n) is 6.35. The molecule has 2 aliphatic heterocycles. The average Bonchev–Trinajstić information content (AvgIpc) is 3.09. The largest absolute Gasteiger partial charge is 0.339 e. The highest BCUT2D eigenvalue weighted by molar-refractivity contribution is 7.89. The minimum absolute atomic E-state index is 0.0713. The third-order valence-corrected chi connectivity index (χ3v) is 6.70. The van der Waals surface area contributed by atoms with Crippen LogP contribution in [0.5, 0.6) is 0 Å². The van der Waals surface area contributed by atoms with Crippen LogP contribution in [-0.4, -0.2) is 59.3 Å². The number of carbonyl (C=O) groups is 1. The van der Waals surface area contributed by atoms with Crippen LogP contribution >= 0.6 is 0 Å². The van der Waals surface area contributed by atoms with Gasteiger partial charge in [0.15, 0.2) is 5.03 Å². The van der Waals surface area contributed by atoms with Gasteiger partial charge in [0.25, 0.3) is 10.0 Å². The third kappa shape index (κ3) is 2.70. The quantitative estimate of drug-likeness (QED) is 0.754. The van der Waals surface area contributed by atoms with Gasteiger partial charge in [-0.3, -0.25) is 4.79 Å². The average molecular weight is 338 g/mol. The molecule has 3 rings (SSSR count). The Labute approximate surface area is 136 Å². The van der Waals surface area contributed by atoms with E-state index < -0.39 is 10.0 Å². The summed E-state index contributed by atoms with van der Waals surface area (Å²) in [7, 11) is -1.83. The molecule has 0 saturated carbocycles. The summed E-state index contributed by atoms with van der Waals surface area (Å²) in [4.78, 5) is 18.4. The van der Waals surface area contributed by atoms with Gasteiger partial charge in [0.05, 0.1) is 11.7 Å². The number of amides is 1. The van der Waals surface area contributed by atoms with Crippen LogP contribution in [0.4, 0.5) is 0 Å². The first-order chi connectivity index (χ1) is 10.9. The first-order valence-electron chi connectivity index (χ1n) is 7.77. The molecule has 0 aromatic carbocycles. The van der Waals surface area contributed by atoms with Crippen LogP contribution < -0.4 is 0 Å². The molecule has 2 aliphatic rings. The van der Waals surface area contributed by atoms with Crippen molar-refractivity contribution in [2.45, 2.75) is 24.3 Å². The van der Waals surface area contributed by atoms with Gasteiger partial charge in [-0.05, 0) is 19.3 Å². The third-order valence-electron chi connectivity index (χ3n) is 4.92. The molecule has 1 aromatic heterocycles. The summed E-state index contributed by atoms with van der Waals surface area (Å²) in [6.45, 7) is 5.72. The first-order valence-corrected chi connectivity index (χ1v) is 9.21. The van der Waals surface area contributed by atoms with Crippen LogP contribution in [0.3, 0.4) is 0 Å². The van der Waals surface area contributed by atoms with Crippen LogP contribution in [0.25, 0.3) is 0 Å². The van der Waals surface area contributed by atoms with Gasteiger partial charge in [0.2, 0.25) is 5.91 Å². The Bertz CT molecular complexity index is 717. The number of hydrogen-bond acceptors (Lipinski definition) is 4. The summed E-state index contributed by atoms with van der Waals surface area (Å²) in [5.41, 5.74) is -0.390. The molecule has 1 amide bonds. The molecule has 2 fully saturated rings. The molecule has 0 unspecified atom stereocenters. The standard InChI is InChI=1S/C15H22N4O3S/c1-3-7-18-8-4-15(14(18)20)5-9-19(10-6-15)23(21,22)13-11-17(2)12-16-13/h3,11-12H,1,4-10H2,2H3. The molecule has 3 heterocycles. The summed E-state index contributed by atoms with van der Waals surface area (Å²) >= 11 is 0. The van der Waals surface area contributed by atoms with E-state index >= 15 is 0 Å². The fourth-order valence-electron chi connectivity index (χ4n) is 3.50. The Balaban J connectivity index is 1.72. The van der Waals surface area contributed by atoms with E-state index in [4.69, 9.17) is 0 Å². The zero-order valence-electron chi connectivity index (χ0n) is 13.3. The lowest BCUT2D eigenvalue weighted by Crippen LogP contribution is -2.46. The molecular weight excluding hydrogens is 316 g/mol. The monoisotopic (exact) mass is 338 g/mol. The number of carbonyl (C=O) groups excluding carboxylic acids is 1. The maximum absolute atomic E-state index is 12.6. The van der Waals surface area contributed by atoms with E-state index in [1.807, 2.05) is 4.90 Å². The van der Waals surface area contributed by atoms with Gasteiger partial charge in [-0.15, -0.1) is 6.58 Å². The second kappa shape index (κ2) is 5.76. The Morgan fingerprint density at radius 3 is 2.52 bits per heavy atom. The first kappa shape index (κ1) is 16.2. The van der Waals surface area contributed by atoms with Crippen LogP contribution in [0, 0.1) is 5.41 Å². The molecule has 0 N–H and O–H groups in total. The van der Waals surface area contributed by atoms with Crippen molar-refractivity contribution in [3.05, 3.63) is 25.2 Å². The smallest absolute Gasteiger partial charge is 0.262 e. The summed E-state index contributed by atoms with van der Waals surface area (Å²) in [5.74, 6) is 0.146. The SMILES string of the molecule is C=CCN1CCC2(CCN(S(=O)(=O)c3cn(C)cn3)CC2)C1=O. The van der Waals surface area contributed by atoms with E-state index in [1.54, 1.807) is 17.7 Å². The number of aromatic nitrogens is 2. The zero-order chi connectivity index (χ0) is 16.7. The van der Waals surface area contributed by atoms with Gasteiger partial charge >= 0.3 is 0 Å². The molecule has 8 heteroatoms. The fraction of sp³-hybridized carbons (Fsp3) is 0.600. The predicted molar refractivity (Wildman–Crippen MR) is 85.0 cm³/mol. The van der Waals surface area contributed by atoms with Crippen molar-refractivity contribution in [1.82, 2.24) is 18.8 Å². The highest BCUT2D eigenvalue weighted by Gasteiger charge is 2.49. The van der Waals surface area contributed by atoms with Crippen LogP contribution in [-0.2, 0) is 21.9 Å². The molecule has 0 aliphatic carbocycles. The van der Waals surface area contributed by atoms with Crippen molar-refractivity contribution in [3.63, 3.8) is 0 Å². The summed E-state index contributed by atoms with van der Waals surface area (Å²) < 4.78 is 28.3. The summed E-state index contributed by atoms with van der Waals surface area (Å²) in [5, 5.41) is 0.0713. The van der Waals surface area contributed by atoms with Crippen molar-refractivity contribution >= 4 is 15.9 Å². The Morgan fingerprint density at radius 1 is 1.30 bits per heavy atom. The number of nitrogens with zero attached hydrogens (tertiary/aromatic N) is 4. The maximum atomic E-state index is 12.6. The van der Waals surface area contributed by atoms with Crippen molar-refractivity contribution in [2.75, 3.05) is 26.2 Å². The van der Waals surface area contributed by atoms with Crippen molar-refractivity contribution in [1.29, 1.82) is 0 Å². The van der Waals surface area contributed by atoms with E-state index in [0.717, 1.165) is 13.0 Å². The molecule has 126 valence electrons. The van der Waals surface area contributed by atoms with Crippen molar-refractivity contribution in [2.24, 2.45) is 12.5 Å². The van der Waals surface area contributed by atoms with Gasteiger partial charge in [-0.1, -0.05) is 6.08 Å². The Morgan fingerprint density at radius 2 is 1.96 bits per heavy atom. The van der Waals surface area contributed by atoms with Gasteiger partial charge in [0, 0.05) is 39.4 Å². The number of likely N-dealkylation sites (tertiary alicyclic amines) is 1. The number of hydrogen-bond donors (Lipinski definition) is 0. The number of aryl methyl sites for hydroxylation is 1. The van der Waals surface area contributed by atoms with Crippen LogP contribution in [0.15, 0.2) is 30.2 Å². The normalized spacial score (nSPS) is 22.0. The Kier molecular flexibility index (Phi) is 4.05. The molecule has 2 saturated heterocycles. The van der Waals surface area contributed by atoms with Gasteiger partial charge in [-0.25, -0.2) is 13.4 Å². The Hall–Kier alpha value is -1.67. The molecule has 0 bridgehead atoms. The highest BCUT2D eigenvalue weighted by atomic mass is 32.2. The molecule has 0 radical (unpaired) electrons. The lowest BCUT2D eigenvalue weighted by molar-refractivity contribution is -0.137. The maximum Gasteiger partial charge on any atom is 0.262 e. The van der Waals surface area contributed by atoms with Gasteiger partial charge in [-0.2, -0.15) is 4.31 Å². The molecule has 1 spiro atoms. The number of piperidine rings is 1. The number of sulfonamides is 1. The van der Waals surface area contributed by atoms with Gasteiger partial charge < -0.3 is 9.47 Å². The molecule has 7 nitrogen and oxygen atoms in total. The van der Waals surface area contributed by atoms with Gasteiger partial charge in [0.1, 0.15) is 0 Å². The highest BCUT2D eigenvalue weighted by Crippen LogP contribution is 2.42. The van der Waals surface area contributed by atoms with Crippen molar-refractivity contribution in [3.8, 4) is 0 Å². The number of imidazole rings is 1. The van der Waals surface area contributed by atoms with E-state index in [0.29, 0.717) is 32.5 Å². The molecule has 0 atom stereocenters. The van der Waals surface area contributed by atoms with Crippen LogP contribution in [0.2, 0.25) is 0 Å². The zero-order valence-corrected chi connectivity index (χ0v) is 14.1. The molecule has 1 aromatic rings. The van der Waals surface area contributed by atoms with E-state index in [2.05, 4.69) is 11.6 Å². The lowest BCUT2D eigenvalue weighted by Gasteiger charge is -2.36. The van der Waals surface area contributed by atoms with E-state index in [-0.39, 0.29) is 16.3 Å².